The van der Waals surface area contributed by atoms with Gasteiger partial charge < -0.3 is 16.0 Å². The minimum absolute atomic E-state index is 0.0523. The van der Waals surface area contributed by atoms with Gasteiger partial charge in [-0.1, -0.05) is 29.8 Å². The van der Waals surface area contributed by atoms with Crippen molar-refractivity contribution in [3.8, 4) is 0 Å². The first kappa shape index (κ1) is 20.1. The zero-order valence-corrected chi connectivity index (χ0v) is 16.7. The molecule has 0 aromatic heterocycles. The van der Waals surface area contributed by atoms with E-state index in [2.05, 4.69) is 20.9 Å². The molecule has 7 heteroatoms. The first-order valence-corrected chi connectivity index (χ1v) is 9.63. The van der Waals surface area contributed by atoms with E-state index in [1.807, 2.05) is 18.2 Å². The van der Waals surface area contributed by atoms with E-state index in [1.54, 1.807) is 32.3 Å². The predicted molar refractivity (Wildman–Crippen MR) is 111 cm³/mol. The molecule has 0 saturated heterocycles. The molecule has 28 heavy (non-hydrogen) atoms. The molecule has 2 unspecified atom stereocenters. The van der Waals surface area contributed by atoms with Crippen LogP contribution in [-0.2, 0) is 6.42 Å². The Bertz CT molecular complexity index is 866. The molecular weight excluding hydrogens is 379 g/mol. The summed E-state index contributed by atoms with van der Waals surface area (Å²) in [5, 5.41) is 9.68. The first-order chi connectivity index (χ1) is 13.5. The van der Waals surface area contributed by atoms with Gasteiger partial charge in [-0.2, -0.15) is 0 Å². The van der Waals surface area contributed by atoms with Crippen LogP contribution < -0.4 is 16.0 Å². The van der Waals surface area contributed by atoms with Gasteiger partial charge in [0.1, 0.15) is 5.82 Å². The van der Waals surface area contributed by atoms with Gasteiger partial charge in [0.2, 0.25) is 0 Å². The molecule has 148 valence electrons. The number of aliphatic imine (C=N–C) groups is 1. The highest BCUT2D eigenvalue weighted by atomic mass is 35.5. The largest absolute Gasteiger partial charge is 0.356 e. The molecule has 2 aromatic carbocycles. The molecule has 0 heterocycles. The molecule has 1 saturated carbocycles. The smallest absolute Gasteiger partial charge is 0.251 e. The van der Waals surface area contributed by atoms with Crippen LogP contribution in [0.2, 0.25) is 5.02 Å². The molecule has 3 N–H and O–H groups in total. The average Bonchev–Trinajstić information content (AvgIpc) is 3.45. The second-order valence-electron chi connectivity index (χ2n) is 6.76. The number of carbonyl (C=O) groups is 1. The lowest BCUT2D eigenvalue weighted by Gasteiger charge is -2.13. The molecule has 0 radical (unpaired) electrons. The third-order valence-electron chi connectivity index (χ3n) is 4.83. The van der Waals surface area contributed by atoms with Gasteiger partial charge in [-0.3, -0.25) is 9.79 Å². The van der Waals surface area contributed by atoms with Crippen LogP contribution in [0.5, 0.6) is 0 Å². The molecule has 3 rings (SSSR count). The lowest BCUT2D eigenvalue weighted by atomic mass is 10.1. The third kappa shape index (κ3) is 4.81. The molecule has 1 aliphatic carbocycles. The van der Waals surface area contributed by atoms with E-state index in [-0.39, 0.29) is 23.7 Å². The molecular formula is C21H24ClFN4O. The van der Waals surface area contributed by atoms with Crippen molar-refractivity contribution in [2.75, 3.05) is 20.6 Å². The van der Waals surface area contributed by atoms with E-state index in [4.69, 9.17) is 11.6 Å². The van der Waals surface area contributed by atoms with Gasteiger partial charge in [0.25, 0.3) is 5.91 Å². The van der Waals surface area contributed by atoms with Crippen molar-refractivity contribution in [2.45, 2.75) is 24.8 Å². The summed E-state index contributed by atoms with van der Waals surface area (Å²) in [5.74, 6) is 0.360. The van der Waals surface area contributed by atoms with Crippen LogP contribution >= 0.6 is 11.6 Å². The van der Waals surface area contributed by atoms with Crippen molar-refractivity contribution in [1.29, 1.82) is 0 Å². The Labute approximate surface area is 169 Å². The second-order valence-corrected chi connectivity index (χ2v) is 7.16. The Balaban J connectivity index is 1.51. The fourth-order valence-electron chi connectivity index (χ4n) is 3.25. The molecule has 1 fully saturated rings. The zero-order chi connectivity index (χ0) is 20.1. The molecule has 0 aliphatic heterocycles. The van der Waals surface area contributed by atoms with E-state index in [9.17, 15) is 9.18 Å². The fraction of sp³-hybridized carbons (Fsp3) is 0.333. The molecule has 0 bridgehead atoms. The van der Waals surface area contributed by atoms with Crippen LogP contribution in [-0.4, -0.2) is 38.5 Å². The molecule has 5 nitrogen and oxygen atoms in total. The summed E-state index contributed by atoms with van der Waals surface area (Å²) in [6.45, 7) is 0.661. The maximum atomic E-state index is 14.1. The van der Waals surface area contributed by atoms with Crippen LogP contribution in [0.1, 0.15) is 33.8 Å². The SMILES string of the molecule is CN=C(NCCc1cccc(C(=O)NC)c1)NC1CC1c1c(F)cccc1Cl. The lowest BCUT2D eigenvalue weighted by Crippen LogP contribution is -2.40. The van der Waals surface area contributed by atoms with E-state index in [1.165, 1.54) is 6.07 Å². The highest BCUT2D eigenvalue weighted by molar-refractivity contribution is 6.31. The maximum absolute atomic E-state index is 14.1. The monoisotopic (exact) mass is 402 g/mol. The number of halogens is 2. The quantitative estimate of drug-likeness (QED) is 0.514. The summed E-state index contributed by atoms with van der Waals surface area (Å²) in [4.78, 5) is 16.0. The van der Waals surface area contributed by atoms with E-state index >= 15 is 0 Å². The number of hydrogen-bond acceptors (Lipinski definition) is 2. The van der Waals surface area contributed by atoms with Gasteiger partial charge in [0.05, 0.1) is 0 Å². The summed E-state index contributed by atoms with van der Waals surface area (Å²) in [5.41, 5.74) is 2.28. The fourth-order valence-corrected chi connectivity index (χ4v) is 3.55. The van der Waals surface area contributed by atoms with Gasteiger partial charge in [-0.05, 0) is 42.7 Å². The van der Waals surface area contributed by atoms with Crippen LogP contribution in [0.3, 0.4) is 0 Å². The molecule has 1 aliphatic rings. The summed E-state index contributed by atoms with van der Waals surface area (Å²) >= 11 is 6.16. The number of benzene rings is 2. The highest BCUT2D eigenvalue weighted by Gasteiger charge is 2.41. The minimum atomic E-state index is -0.263. The molecule has 2 aromatic rings. The normalized spacial score (nSPS) is 18.5. The van der Waals surface area contributed by atoms with Crippen molar-refractivity contribution < 1.29 is 9.18 Å². The lowest BCUT2D eigenvalue weighted by molar-refractivity contribution is 0.0963. The van der Waals surface area contributed by atoms with Crippen LogP contribution in [0, 0.1) is 5.82 Å². The number of hydrogen-bond donors (Lipinski definition) is 3. The number of carbonyl (C=O) groups excluding carboxylic acids is 1. The summed E-state index contributed by atoms with van der Waals surface area (Å²) in [6.07, 6.45) is 1.56. The number of nitrogens with zero attached hydrogens (tertiary/aromatic N) is 1. The average molecular weight is 403 g/mol. The number of guanidine groups is 1. The third-order valence-corrected chi connectivity index (χ3v) is 5.16. The number of nitrogens with one attached hydrogen (secondary N) is 3. The summed E-state index contributed by atoms with van der Waals surface area (Å²) in [7, 11) is 3.32. The van der Waals surface area contributed by atoms with Crippen molar-refractivity contribution >= 4 is 23.5 Å². The van der Waals surface area contributed by atoms with Crippen LogP contribution in [0.25, 0.3) is 0 Å². The van der Waals surface area contributed by atoms with Crippen molar-refractivity contribution in [3.05, 3.63) is 70.0 Å². The van der Waals surface area contributed by atoms with Crippen molar-refractivity contribution in [2.24, 2.45) is 4.99 Å². The van der Waals surface area contributed by atoms with Gasteiger partial charge in [-0.15, -0.1) is 0 Å². The topological polar surface area (TPSA) is 65.5 Å². The van der Waals surface area contributed by atoms with E-state index in [0.717, 1.165) is 18.4 Å². The van der Waals surface area contributed by atoms with Gasteiger partial charge >= 0.3 is 0 Å². The minimum Gasteiger partial charge on any atom is -0.356 e. The first-order valence-electron chi connectivity index (χ1n) is 9.25. The van der Waals surface area contributed by atoms with E-state index < -0.39 is 0 Å². The highest BCUT2D eigenvalue weighted by Crippen LogP contribution is 2.44. The number of amides is 1. The van der Waals surface area contributed by atoms with Crippen molar-refractivity contribution in [1.82, 2.24) is 16.0 Å². The van der Waals surface area contributed by atoms with Gasteiger partial charge in [-0.25, -0.2) is 4.39 Å². The maximum Gasteiger partial charge on any atom is 0.251 e. The summed E-state index contributed by atoms with van der Waals surface area (Å²) < 4.78 is 14.1. The number of rotatable bonds is 6. The van der Waals surface area contributed by atoms with Gasteiger partial charge in [0.15, 0.2) is 5.96 Å². The Morgan fingerprint density at radius 3 is 2.79 bits per heavy atom. The molecule has 0 spiro atoms. The molecule has 2 atom stereocenters. The summed E-state index contributed by atoms with van der Waals surface area (Å²) in [6, 6.07) is 12.4. The van der Waals surface area contributed by atoms with Gasteiger partial charge in [0, 0.05) is 48.7 Å². The standard InChI is InChI=1S/C21H24ClFN4O/c1-24-20(28)14-6-3-5-13(11-14)9-10-26-21(25-2)27-18-12-15(18)19-16(22)7-4-8-17(19)23/h3-8,11,15,18H,9-10,12H2,1-2H3,(H,24,28)(H2,25,26,27). The Morgan fingerprint density at radius 2 is 2.07 bits per heavy atom. The Kier molecular flexibility index (Phi) is 6.52. The zero-order valence-electron chi connectivity index (χ0n) is 15.9. The second kappa shape index (κ2) is 9.06. The van der Waals surface area contributed by atoms with Crippen LogP contribution in [0.15, 0.2) is 47.5 Å². The molecule has 1 amide bonds. The van der Waals surface area contributed by atoms with E-state index in [0.29, 0.717) is 28.7 Å². The predicted octanol–water partition coefficient (Wildman–Crippen LogP) is 3.10. The van der Waals surface area contributed by atoms with Crippen molar-refractivity contribution in [3.63, 3.8) is 0 Å². The van der Waals surface area contributed by atoms with Crippen LogP contribution in [0.4, 0.5) is 4.39 Å². The Hall–Kier alpha value is -2.60. The Morgan fingerprint density at radius 1 is 1.29 bits per heavy atom.